The number of para-hydroxylation sites is 1. The quantitative estimate of drug-likeness (QED) is 0.848. The first-order chi connectivity index (χ1) is 10.1. The topological polar surface area (TPSA) is 58.8 Å². The Hall–Kier alpha value is -1.66. The predicted octanol–water partition coefficient (Wildman–Crippen LogP) is 1.20. The Labute approximate surface area is 124 Å². The molecule has 6 heteroatoms. The van der Waals surface area contributed by atoms with Gasteiger partial charge in [-0.2, -0.15) is 0 Å². The molecule has 116 valence electrons. The van der Waals surface area contributed by atoms with Gasteiger partial charge in [0, 0.05) is 33.3 Å². The van der Waals surface area contributed by atoms with Gasteiger partial charge < -0.3 is 15.4 Å². The number of ether oxygens (including phenoxy) is 1. The Balaban J connectivity index is 2.01. The molecule has 1 aromatic rings. The van der Waals surface area contributed by atoms with Crippen molar-refractivity contribution in [2.24, 2.45) is 0 Å². The number of nitrogens with two attached hydrogens (primary N) is 1. The highest BCUT2D eigenvalue weighted by atomic mass is 19.1. The minimum atomic E-state index is -0.544. The van der Waals surface area contributed by atoms with Crippen LogP contribution in [0.25, 0.3) is 0 Å². The van der Waals surface area contributed by atoms with Gasteiger partial charge in [-0.25, -0.2) is 4.39 Å². The molecule has 0 spiro atoms. The second kappa shape index (κ2) is 7.38. The summed E-state index contributed by atoms with van der Waals surface area (Å²) in [6, 6.07) is 4.36. The maximum Gasteiger partial charge on any atom is 0.256 e. The number of nitrogens with zero attached hydrogens (tertiary/aromatic N) is 2. The average Bonchev–Trinajstić information content (AvgIpc) is 2.73. The minimum Gasteiger partial charge on any atom is -0.396 e. The summed E-state index contributed by atoms with van der Waals surface area (Å²) in [6.07, 6.45) is 0.894. The van der Waals surface area contributed by atoms with Crippen LogP contribution in [0.2, 0.25) is 0 Å². The molecule has 0 aromatic heterocycles. The third-order valence-electron chi connectivity index (χ3n) is 3.77. The van der Waals surface area contributed by atoms with Crippen LogP contribution in [-0.2, 0) is 4.74 Å². The van der Waals surface area contributed by atoms with Crippen LogP contribution in [-0.4, -0.2) is 62.1 Å². The van der Waals surface area contributed by atoms with Crippen LogP contribution in [0, 0.1) is 5.82 Å². The summed E-state index contributed by atoms with van der Waals surface area (Å²) in [5.41, 5.74) is 5.86. The number of carbonyl (C=O) groups excluding carboxylic acids is 1. The molecule has 0 radical (unpaired) electrons. The number of hydrogen-bond donors (Lipinski definition) is 1. The SMILES string of the molecule is COCCN1CCCN(C(=O)c2cccc(F)c2N)CC1. The van der Waals surface area contributed by atoms with Crippen LogP contribution in [0.4, 0.5) is 10.1 Å². The van der Waals surface area contributed by atoms with Gasteiger partial charge in [-0.15, -0.1) is 0 Å². The van der Waals surface area contributed by atoms with Crippen LogP contribution < -0.4 is 5.73 Å². The smallest absolute Gasteiger partial charge is 0.256 e. The van der Waals surface area contributed by atoms with Gasteiger partial charge in [0.05, 0.1) is 17.9 Å². The zero-order chi connectivity index (χ0) is 15.2. The first-order valence-corrected chi connectivity index (χ1v) is 7.18. The van der Waals surface area contributed by atoms with Crippen LogP contribution in [0.5, 0.6) is 0 Å². The Morgan fingerprint density at radius 2 is 2.14 bits per heavy atom. The molecule has 1 fully saturated rings. The summed E-state index contributed by atoms with van der Waals surface area (Å²) >= 11 is 0. The van der Waals surface area contributed by atoms with E-state index >= 15 is 0 Å². The first kappa shape index (κ1) is 15.7. The Morgan fingerprint density at radius 3 is 2.90 bits per heavy atom. The third kappa shape index (κ3) is 3.92. The number of rotatable bonds is 4. The van der Waals surface area contributed by atoms with E-state index in [2.05, 4.69) is 4.90 Å². The monoisotopic (exact) mass is 295 g/mol. The van der Waals surface area contributed by atoms with Crippen molar-refractivity contribution in [2.45, 2.75) is 6.42 Å². The van der Waals surface area contributed by atoms with Crippen molar-refractivity contribution in [3.8, 4) is 0 Å². The molecule has 21 heavy (non-hydrogen) atoms. The number of anilines is 1. The third-order valence-corrected chi connectivity index (χ3v) is 3.77. The Morgan fingerprint density at radius 1 is 1.33 bits per heavy atom. The van der Waals surface area contributed by atoms with Gasteiger partial charge in [0.15, 0.2) is 0 Å². The standard InChI is InChI=1S/C15H22FN3O2/c1-21-11-10-18-6-3-7-19(9-8-18)15(20)12-4-2-5-13(16)14(12)17/h2,4-5H,3,6-11,17H2,1H3. The molecular formula is C15H22FN3O2. The lowest BCUT2D eigenvalue weighted by molar-refractivity contribution is 0.0760. The second-order valence-electron chi connectivity index (χ2n) is 5.18. The van der Waals surface area contributed by atoms with Crippen LogP contribution in [0.1, 0.15) is 16.8 Å². The van der Waals surface area contributed by atoms with Crippen molar-refractivity contribution in [1.82, 2.24) is 9.80 Å². The van der Waals surface area contributed by atoms with E-state index in [1.165, 1.54) is 12.1 Å². The normalized spacial score (nSPS) is 16.8. The second-order valence-corrected chi connectivity index (χ2v) is 5.18. The van der Waals surface area contributed by atoms with Gasteiger partial charge in [-0.05, 0) is 25.1 Å². The molecule has 1 aliphatic rings. The number of carbonyl (C=O) groups is 1. The molecule has 0 aliphatic carbocycles. The maximum atomic E-state index is 13.5. The van der Waals surface area contributed by atoms with Crippen molar-refractivity contribution in [2.75, 3.05) is 52.2 Å². The van der Waals surface area contributed by atoms with Crippen molar-refractivity contribution in [3.05, 3.63) is 29.6 Å². The Bertz CT molecular complexity index is 496. The fourth-order valence-corrected chi connectivity index (χ4v) is 2.51. The number of amides is 1. The van der Waals surface area contributed by atoms with Crippen molar-refractivity contribution >= 4 is 11.6 Å². The molecule has 2 rings (SSSR count). The van der Waals surface area contributed by atoms with Gasteiger partial charge in [-0.1, -0.05) is 6.07 Å². The number of benzene rings is 1. The van der Waals surface area contributed by atoms with E-state index in [1.54, 1.807) is 18.1 Å². The van der Waals surface area contributed by atoms with E-state index in [4.69, 9.17) is 10.5 Å². The summed E-state index contributed by atoms with van der Waals surface area (Å²) < 4.78 is 18.5. The molecule has 1 aromatic carbocycles. The number of halogens is 1. The maximum absolute atomic E-state index is 13.5. The van der Waals surface area contributed by atoms with E-state index in [-0.39, 0.29) is 17.2 Å². The number of methoxy groups -OCH3 is 1. The summed E-state index contributed by atoms with van der Waals surface area (Å²) in [7, 11) is 1.68. The van der Waals surface area contributed by atoms with Crippen LogP contribution in [0.15, 0.2) is 18.2 Å². The van der Waals surface area contributed by atoms with E-state index in [1.807, 2.05) is 0 Å². The predicted molar refractivity (Wildman–Crippen MR) is 79.6 cm³/mol. The molecule has 1 saturated heterocycles. The zero-order valence-corrected chi connectivity index (χ0v) is 12.3. The highest BCUT2D eigenvalue weighted by Crippen LogP contribution is 2.18. The summed E-state index contributed by atoms with van der Waals surface area (Å²) in [5.74, 6) is -0.738. The van der Waals surface area contributed by atoms with Gasteiger partial charge in [0.2, 0.25) is 0 Å². The largest absolute Gasteiger partial charge is 0.396 e. The molecular weight excluding hydrogens is 273 g/mol. The van der Waals surface area contributed by atoms with Gasteiger partial charge >= 0.3 is 0 Å². The fourth-order valence-electron chi connectivity index (χ4n) is 2.51. The molecule has 2 N–H and O–H groups in total. The molecule has 1 amide bonds. The molecule has 0 atom stereocenters. The highest BCUT2D eigenvalue weighted by molar-refractivity contribution is 5.99. The van der Waals surface area contributed by atoms with Crippen LogP contribution >= 0.6 is 0 Å². The lowest BCUT2D eigenvalue weighted by atomic mass is 10.1. The van der Waals surface area contributed by atoms with Gasteiger partial charge in [0.1, 0.15) is 5.82 Å². The fraction of sp³-hybridized carbons (Fsp3) is 0.533. The number of nitrogen functional groups attached to an aromatic ring is 1. The van der Waals surface area contributed by atoms with Crippen LogP contribution in [0.3, 0.4) is 0 Å². The minimum absolute atomic E-state index is 0.0667. The number of hydrogen-bond acceptors (Lipinski definition) is 4. The molecule has 1 aliphatic heterocycles. The molecule has 0 unspecified atom stereocenters. The summed E-state index contributed by atoms with van der Waals surface area (Å²) in [6.45, 7) is 4.57. The Kier molecular flexibility index (Phi) is 5.52. The van der Waals surface area contributed by atoms with Crippen molar-refractivity contribution < 1.29 is 13.9 Å². The summed E-state index contributed by atoms with van der Waals surface area (Å²) in [5, 5.41) is 0. The average molecular weight is 295 g/mol. The highest BCUT2D eigenvalue weighted by Gasteiger charge is 2.22. The van der Waals surface area contributed by atoms with E-state index < -0.39 is 5.82 Å². The van der Waals surface area contributed by atoms with E-state index in [0.717, 1.165) is 26.1 Å². The lowest BCUT2D eigenvalue weighted by Crippen LogP contribution is -2.36. The van der Waals surface area contributed by atoms with Gasteiger partial charge in [0.25, 0.3) is 5.91 Å². The lowest BCUT2D eigenvalue weighted by Gasteiger charge is -2.22. The first-order valence-electron chi connectivity index (χ1n) is 7.18. The zero-order valence-electron chi connectivity index (χ0n) is 12.3. The van der Waals surface area contributed by atoms with E-state index in [9.17, 15) is 9.18 Å². The van der Waals surface area contributed by atoms with Gasteiger partial charge in [-0.3, -0.25) is 9.69 Å². The molecule has 5 nitrogen and oxygen atoms in total. The van der Waals surface area contributed by atoms with Crippen molar-refractivity contribution in [1.29, 1.82) is 0 Å². The van der Waals surface area contributed by atoms with E-state index in [0.29, 0.717) is 19.7 Å². The molecule has 1 heterocycles. The molecule has 0 saturated carbocycles. The molecule has 0 bridgehead atoms. The van der Waals surface area contributed by atoms with Crippen molar-refractivity contribution in [3.63, 3.8) is 0 Å². The summed E-state index contributed by atoms with van der Waals surface area (Å²) in [4.78, 5) is 16.5.